The molecular weight excluding hydrogens is 546 g/mol. The molecule has 1 unspecified atom stereocenters. The summed E-state index contributed by atoms with van der Waals surface area (Å²) in [7, 11) is -1.18. The molecule has 216 valence electrons. The number of β-amino-alcohol motifs (C(OH)–C–C–N with tert-alkyl or cyclic N) is 1. The van der Waals surface area contributed by atoms with Crippen LogP contribution < -0.4 is 15.4 Å². The van der Waals surface area contributed by atoms with E-state index in [1.165, 1.54) is 11.1 Å². The SMILES string of the molecule is Cc1cc(Nc2ncc(Cl)c(Nc3ccccc3S(=O)C(C)C)n2)c(OC(C)C)cc1C1CCN(CCO)CC1. The van der Waals surface area contributed by atoms with E-state index in [2.05, 4.69) is 44.6 Å². The fraction of sp³-hybridized carbons (Fsp3) is 0.467. The molecule has 0 radical (unpaired) electrons. The smallest absolute Gasteiger partial charge is 0.229 e. The molecule has 0 spiro atoms. The van der Waals surface area contributed by atoms with Gasteiger partial charge in [0.25, 0.3) is 0 Å². The van der Waals surface area contributed by atoms with Gasteiger partial charge < -0.3 is 25.4 Å². The Labute approximate surface area is 245 Å². The highest BCUT2D eigenvalue weighted by Crippen LogP contribution is 2.38. The minimum absolute atomic E-state index is 0.01000. The highest BCUT2D eigenvalue weighted by Gasteiger charge is 2.24. The van der Waals surface area contributed by atoms with E-state index in [9.17, 15) is 9.32 Å². The van der Waals surface area contributed by atoms with Crippen molar-refractivity contribution < 1.29 is 14.1 Å². The summed E-state index contributed by atoms with van der Waals surface area (Å²) in [6, 6.07) is 11.7. The number of aliphatic hydroxyl groups excluding tert-OH is 1. The van der Waals surface area contributed by atoms with Crippen LogP contribution in [0.2, 0.25) is 5.02 Å². The number of aryl methyl sites for hydroxylation is 1. The summed E-state index contributed by atoms with van der Waals surface area (Å²) < 4.78 is 19.1. The standard InChI is InChI=1S/C30H40ClN5O3S/c1-19(2)39-27-17-23(22-10-12-36(13-11-22)14-15-37)21(5)16-26(27)34-30-32-18-24(31)29(35-30)33-25-8-6-7-9-28(25)40(38)20(3)4/h6-9,16-20,22,37H,10-15H2,1-5H3,(H2,32,33,34,35). The van der Waals surface area contributed by atoms with Gasteiger partial charge in [-0.05, 0) is 88.0 Å². The lowest BCUT2D eigenvalue weighted by Gasteiger charge is -2.32. The number of ether oxygens (including phenoxy) is 1. The van der Waals surface area contributed by atoms with Crippen molar-refractivity contribution in [3.8, 4) is 5.75 Å². The maximum atomic E-state index is 12.9. The molecule has 1 atom stereocenters. The van der Waals surface area contributed by atoms with Crippen molar-refractivity contribution >= 4 is 45.5 Å². The van der Waals surface area contributed by atoms with Crippen molar-refractivity contribution in [3.63, 3.8) is 0 Å². The second-order valence-electron chi connectivity index (χ2n) is 10.7. The maximum absolute atomic E-state index is 12.9. The van der Waals surface area contributed by atoms with Gasteiger partial charge in [0.2, 0.25) is 5.95 Å². The van der Waals surface area contributed by atoms with E-state index >= 15 is 0 Å². The highest BCUT2D eigenvalue weighted by molar-refractivity contribution is 7.85. The number of piperidine rings is 1. The number of aromatic nitrogens is 2. The first kappa shape index (κ1) is 30.2. The van der Waals surface area contributed by atoms with Crippen molar-refractivity contribution in [2.75, 3.05) is 36.9 Å². The predicted octanol–water partition coefficient (Wildman–Crippen LogP) is 6.40. The van der Waals surface area contributed by atoms with E-state index in [0.29, 0.717) is 33.3 Å². The number of likely N-dealkylation sites (tertiary alicyclic amines) is 1. The summed E-state index contributed by atoms with van der Waals surface area (Å²) in [4.78, 5) is 12.1. The molecule has 1 aliphatic rings. The zero-order valence-electron chi connectivity index (χ0n) is 23.9. The zero-order valence-corrected chi connectivity index (χ0v) is 25.5. The van der Waals surface area contributed by atoms with Gasteiger partial charge in [0.15, 0.2) is 5.82 Å². The van der Waals surface area contributed by atoms with Crippen molar-refractivity contribution in [2.24, 2.45) is 0 Å². The van der Waals surface area contributed by atoms with Crippen molar-refractivity contribution in [1.29, 1.82) is 0 Å². The zero-order chi connectivity index (χ0) is 28.8. The predicted molar refractivity (Wildman–Crippen MR) is 164 cm³/mol. The van der Waals surface area contributed by atoms with Crippen LogP contribution in [0.15, 0.2) is 47.5 Å². The highest BCUT2D eigenvalue weighted by atomic mass is 35.5. The van der Waals surface area contributed by atoms with Crippen LogP contribution in [0.1, 0.15) is 57.6 Å². The van der Waals surface area contributed by atoms with Gasteiger partial charge in [0.1, 0.15) is 10.8 Å². The molecule has 8 nitrogen and oxygen atoms in total. The molecule has 3 aromatic rings. The third kappa shape index (κ3) is 7.51. The number of halogens is 1. The molecule has 40 heavy (non-hydrogen) atoms. The summed E-state index contributed by atoms with van der Waals surface area (Å²) in [5, 5.41) is 16.2. The van der Waals surface area contributed by atoms with Gasteiger partial charge >= 0.3 is 0 Å². The Kier molecular flexibility index (Phi) is 10.4. The van der Waals surface area contributed by atoms with E-state index in [-0.39, 0.29) is 18.0 Å². The van der Waals surface area contributed by atoms with Crippen molar-refractivity contribution in [1.82, 2.24) is 14.9 Å². The minimum Gasteiger partial charge on any atom is -0.489 e. The van der Waals surface area contributed by atoms with E-state index < -0.39 is 10.8 Å². The summed E-state index contributed by atoms with van der Waals surface area (Å²) in [5.41, 5.74) is 3.94. The van der Waals surface area contributed by atoms with Gasteiger partial charge in [-0.25, -0.2) is 4.98 Å². The average Bonchev–Trinajstić information content (AvgIpc) is 2.92. The van der Waals surface area contributed by atoms with Gasteiger partial charge in [0.05, 0.1) is 46.0 Å². The number of aliphatic hydroxyl groups is 1. The molecule has 1 aliphatic heterocycles. The molecule has 10 heteroatoms. The first-order valence-corrected chi connectivity index (χ1v) is 15.5. The fourth-order valence-corrected chi connectivity index (χ4v) is 6.16. The largest absolute Gasteiger partial charge is 0.489 e. The van der Waals surface area contributed by atoms with Gasteiger partial charge in [-0.3, -0.25) is 4.21 Å². The van der Waals surface area contributed by atoms with Crippen LogP contribution in [0.25, 0.3) is 0 Å². The minimum atomic E-state index is -1.18. The summed E-state index contributed by atoms with van der Waals surface area (Å²) in [6.07, 6.45) is 3.63. The maximum Gasteiger partial charge on any atom is 0.229 e. The van der Waals surface area contributed by atoms with Crippen molar-refractivity contribution in [2.45, 2.75) is 69.6 Å². The first-order chi connectivity index (χ1) is 19.2. The van der Waals surface area contributed by atoms with Gasteiger partial charge in [0, 0.05) is 11.8 Å². The van der Waals surface area contributed by atoms with Crippen molar-refractivity contribution in [3.05, 3.63) is 58.7 Å². The summed E-state index contributed by atoms with van der Waals surface area (Å²) in [6.45, 7) is 12.9. The molecule has 4 rings (SSSR count). The second-order valence-corrected chi connectivity index (χ2v) is 13.1. The lowest BCUT2D eigenvalue weighted by molar-refractivity contribution is 0.164. The first-order valence-electron chi connectivity index (χ1n) is 13.9. The Bertz CT molecular complexity index is 1330. The van der Waals surface area contributed by atoms with E-state index in [1.807, 2.05) is 52.0 Å². The molecule has 2 aromatic carbocycles. The third-order valence-electron chi connectivity index (χ3n) is 6.95. The van der Waals surface area contributed by atoms with E-state index in [1.54, 1.807) is 6.20 Å². The second kappa shape index (κ2) is 13.8. The number of rotatable bonds is 11. The molecule has 1 fully saturated rings. The van der Waals surface area contributed by atoms with Crippen LogP contribution in [-0.4, -0.2) is 61.8 Å². The molecule has 2 heterocycles. The Balaban J connectivity index is 1.60. The normalized spacial score (nSPS) is 15.4. The molecule has 0 aliphatic carbocycles. The van der Waals surface area contributed by atoms with Gasteiger partial charge in [-0.1, -0.05) is 37.6 Å². The molecule has 0 bridgehead atoms. The van der Waals surface area contributed by atoms with Gasteiger partial charge in [-0.15, -0.1) is 0 Å². The quantitative estimate of drug-likeness (QED) is 0.238. The van der Waals surface area contributed by atoms with Crippen LogP contribution in [-0.2, 0) is 10.8 Å². The molecule has 0 amide bonds. The Morgan fingerprint density at radius 3 is 2.52 bits per heavy atom. The van der Waals surface area contributed by atoms with Crippen LogP contribution in [0.5, 0.6) is 5.75 Å². The average molecular weight is 586 g/mol. The Hall–Kier alpha value is -2.72. The molecular formula is C30H40ClN5O3S. The number of benzene rings is 2. The number of hydrogen-bond donors (Lipinski definition) is 3. The number of nitrogens with zero attached hydrogens (tertiary/aromatic N) is 3. The Morgan fingerprint density at radius 2 is 1.85 bits per heavy atom. The lowest BCUT2D eigenvalue weighted by atomic mass is 9.86. The summed E-state index contributed by atoms with van der Waals surface area (Å²) >= 11 is 6.47. The van der Waals surface area contributed by atoms with Crippen LogP contribution >= 0.6 is 11.6 Å². The van der Waals surface area contributed by atoms with Crippen LogP contribution in [0.3, 0.4) is 0 Å². The third-order valence-corrected chi connectivity index (χ3v) is 8.87. The van der Waals surface area contributed by atoms with Crippen LogP contribution in [0, 0.1) is 6.92 Å². The number of nitrogens with one attached hydrogen (secondary N) is 2. The van der Waals surface area contributed by atoms with Crippen LogP contribution in [0.4, 0.5) is 23.1 Å². The lowest BCUT2D eigenvalue weighted by Crippen LogP contribution is -2.35. The molecule has 1 aromatic heterocycles. The molecule has 0 saturated carbocycles. The molecule has 3 N–H and O–H groups in total. The monoisotopic (exact) mass is 585 g/mol. The van der Waals surface area contributed by atoms with E-state index in [4.69, 9.17) is 16.3 Å². The number of anilines is 4. The molecule has 1 saturated heterocycles. The summed E-state index contributed by atoms with van der Waals surface area (Å²) in [5.74, 6) is 1.98. The van der Waals surface area contributed by atoms with Gasteiger partial charge in [-0.2, -0.15) is 4.98 Å². The topological polar surface area (TPSA) is 99.6 Å². The Morgan fingerprint density at radius 1 is 1.12 bits per heavy atom. The number of hydrogen-bond acceptors (Lipinski definition) is 8. The fourth-order valence-electron chi connectivity index (χ4n) is 4.96. The number of para-hydroxylation sites is 1. The van der Waals surface area contributed by atoms with E-state index in [0.717, 1.165) is 43.9 Å².